The van der Waals surface area contributed by atoms with Gasteiger partial charge in [-0.3, -0.25) is 4.79 Å². The molecule has 2 aromatic carbocycles. The molecule has 1 heterocycles. The van der Waals surface area contributed by atoms with Crippen molar-refractivity contribution >= 4 is 11.6 Å². The number of rotatable bonds is 4. The first-order valence-corrected chi connectivity index (χ1v) is 8.16. The number of pyridine rings is 1. The van der Waals surface area contributed by atoms with Crippen molar-refractivity contribution in [2.45, 2.75) is 6.92 Å². The summed E-state index contributed by atoms with van der Waals surface area (Å²) in [6, 6.07) is 18.3. The van der Waals surface area contributed by atoms with Crippen LogP contribution in [0.25, 0.3) is 22.4 Å². The first kappa shape index (κ1) is 16.8. The number of nitrogens with one attached hydrogen (secondary N) is 1. The predicted octanol–water partition coefficient (Wildman–Crippen LogP) is 4.63. The molecule has 3 rings (SSSR count). The molecule has 5 heteroatoms. The van der Waals surface area contributed by atoms with Crippen molar-refractivity contribution in [3.8, 4) is 34.2 Å². The molecule has 0 saturated heterocycles. The van der Waals surface area contributed by atoms with E-state index >= 15 is 0 Å². The van der Waals surface area contributed by atoms with E-state index in [0.29, 0.717) is 22.9 Å². The number of aromatic amines is 1. The van der Waals surface area contributed by atoms with Crippen molar-refractivity contribution in [2.24, 2.45) is 0 Å². The number of aromatic nitrogens is 1. The van der Waals surface area contributed by atoms with Gasteiger partial charge in [-0.25, -0.2) is 0 Å². The molecular formula is C20H15ClN2O2. The summed E-state index contributed by atoms with van der Waals surface area (Å²) in [5.41, 5.74) is 2.47. The minimum atomic E-state index is -0.418. The first-order chi connectivity index (χ1) is 12.1. The molecule has 0 atom stereocenters. The lowest BCUT2D eigenvalue weighted by atomic mass is 9.99. The van der Waals surface area contributed by atoms with Crippen molar-refractivity contribution in [3.63, 3.8) is 0 Å². The van der Waals surface area contributed by atoms with Gasteiger partial charge in [0.25, 0.3) is 5.56 Å². The molecule has 0 aliphatic rings. The number of hydrogen-bond acceptors (Lipinski definition) is 3. The monoisotopic (exact) mass is 350 g/mol. The zero-order valence-corrected chi connectivity index (χ0v) is 14.3. The molecule has 0 radical (unpaired) electrons. The fraction of sp³-hybridized carbons (Fsp3) is 0.100. The number of H-pyrrole nitrogens is 1. The van der Waals surface area contributed by atoms with Crippen LogP contribution < -0.4 is 10.3 Å². The molecule has 0 spiro atoms. The topological polar surface area (TPSA) is 65.9 Å². The van der Waals surface area contributed by atoms with Crippen LogP contribution in [0.15, 0.2) is 59.4 Å². The fourth-order valence-electron chi connectivity index (χ4n) is 2.58. The summed E-state index contributed by atoms with van der Waals surface area (Å²) < 4.78 is 5.43. The van der Waals surface area contributed by atoms with E-state index < -0.39 is 5.56 Å². The summed E-state index contributed by atoms with van der Waals surface area (Å²) in [6.07, 6.45) is 0. The highest BCUT2D eigenvalue weighted by Crippen LogP contribution is 2.28. The summed E-state index contributed by atoms with van der Waals surface area (Å²) in [4.78, 5) is 15.1. The molecule has 3 aromatic rings. The Labute approximate surface area is 150 Å². The Morgan fingerprint density at radius 3 is 2.32 bits per heavy atom. The second-order valence-electron chi connectivity index (χ2n) is 5.38. The Bertz CT molecular complexity index is 984. The highest BCUT2D eigenvalue weighted by molar-refractivity contribution is 6.30. The second-order valence-corrected chi connectivity index (χ2v) is 5.81. The van der Waals surface area contributed by atoms with Gasteiger partial charge in [0.15, 0.2) is 0 Å². The van der Waals surface area contributed by atoms with Crippen molar-refractivity contribution in [2.75, 3.05) is 6.61 Å². The molecule has 0 fully saturated rings. The van der Waals surface area contributed by atoms with Crippen LogP contribution >= 0.6 is 11.6 Å². The van der Waals surface area contributed by atoms with Gasteiger partial charge in [0, 0.05) is 16.3 Å². The zero-order valence-electron chi connectivity index (χ0n) is 13.5. The molecular weight excluding hydrogens is 336 g/mol. The van der Waals surface area contributed by atoms with E-state index in [1.165, 1.54) is 0 Å². The van der Waals surface area contributed by atoms with E-state index in [2.05, 4.69) is 4.98 Å². The van der Waals surface area contributed by atoms with Gasteiger partial charge >= 0.3 is 0 Å². The Hall–Kier alpha value is -3.03. The summed E-state index contributed by atoms with van der Waals surface area (Å²) >= 11 is 5.93. The van der Waals surface area contributed by atoms with Crippen LogP contribution in [0.2, 0.25) is 5.02 Å². The lowest BCUT2D eigenvalue weighted by Gasteiger charge is -2.09. The van der Waals surface area contributed by atoms with Crippen LogP contribution in [-0.4, -0.2) is 11.6 Å². The highest BCUT2D eigenvalue weighted by atomic mass is 35.5. The second kappa shape index (κ2) is 7.25. The van der Waals surface area contributed by atoms with E-state index in [-0.39, 0.29) is 5.56 Å². The third-order valence-electron chi connectivity index (χ3n) is 3.78. The van der Waals surface area contributed by atoms with Crippen LogP contribution in [0.5, 0.6) is 5.75 Å². The quantitative estimate of drug-likeness (QED) is 0.745. The predicted molar refractivity (Wildman–Crippen MR) is 98.8 cm³/mol. The summed E-state index contributed by atoms with van der Waals surface area (Å²) in [5.74, 6) is 0.764. The van der Waals surface area contributed by atoms with E-state index in [1.54, 1.807) is 30.3 Å². The Morgan fingerprint density at radius 2 is 1.72 bits per heavy atom. The van der Waals surface area contributed by atoms with Gasteiger partial charge in [0.1, 0.15) is 17.4 Å². The van der Waals surface area contributed by atoms with Gasteiger partial charge in [-0.15, -0.1) is 0 Å². The van der Waals surface area contributed by atoms with Gasteiger partial charge < -0.3 is 9.72 Å². The normalized spacial score (nSPS) is 10.3. The molecule has 4 nitrogen and oxygen atoms in total. The molecule has 0 saturated carbocycles. The van der Waals surface area contributed by atoms with Crippen LogP contribution in [0, 0.1) is 11.3 Å². The SMILES string of the molecule is CCOc1ccc(-c2cc(-c3ccc(Cl)cc3)c(C#N)c(=O)[nH]2)cc1. The first-order valence-electron chi connectivity index (χ1n) is 7.79. The standard InChI is InChI=1S/C20H15ClN2O2/c1-2-25-16-9-5-14(6-10-16)19-11-17(18(12-22)20(24)23-19)13-3-7-15(21)8-4-13/h3-11H,2H2,1H3,(H,23,24). The van der Waals surface area contributed by atoms with Crippen molar-refractivity contribution in [1.82, 2.24) is 4.98 Å². The maximum Gasteiger partial charge on any atom is 0.266 e. The van der Waals surface area contributed by atoms with Gasteiger partial charge in [-0.1, -0.05) is 23.7 Å². The van der Waals surface area contributed by atoms with Crippen LogP contribution in [-0.2, 0) is 0 Å². The van der Waals surface area contributed by atoms with E-state index in [4.69, 9.17) is 16.3 Å². The number of halogens is 1. The average molecular weight is 351 g/mol. The van der Waals surface area contributed by atoms with Crippen molar-refractivity contribution in [3.05, 3.63) is 75.5 Å². The van der Waals surface area contributed by atoms with Gasteiger partial charge in [-0.05, 0) is 60.5 Å². The summed E-state index contributed by atoms with van der Waals surface area (Å²) in [6.45, 7) is 2.51. The maximum atomic E-state index is 12.3. The number of nitriles is 1. The van der Waals surface area contributed by atoms with E-state index in [0.717, 1.165) is 16.9 Å². The molecule has 1 N–H and O–H groups in total. The highest BCUT2D eigenvalue weighted by Gasteiger charge is 2.12. The number of nitrogens with zero attached hydrogens (tertiary/aromatic N) is 1. The molecule has 0 aliphatic carbocycles. The molecule has 0 aliphatic heterocycles. The average Bonchev–Trinajstić information content (AvgIpc) is 2.62. The van der Waals surface area contributed by atoms with Crippen LogP contribution in [0.3, 0.4) is 0 Å². The minimum Gasteiger partial charge on any atom is -0.494 e. The molecule has 0 unspecified atom stereocenters. The molecule has 0 bridgehead atoms. The maximum absolute atomic E-state index is 12.3. The number of ether oxygens (including phenoxy) is 1. The Kier molecular flexibility index (Phi) is 4.87. The molecule has 124 valence electrons. The van der Waals surface area contributed by atoms with Crippen LogP contribution in [0.1, 0.15) is 12.5 Å². The van der Waals surface area contributed by atoms with E-state index in [9.17, 15) is 10.1 Å². The van der Waals surface area contributed by atoms with Crippen molar-refractivity contribution < 1.29 is 4.74 Å². The number of benzene rings is 2. The van der Waals surface area contributed by atoms with Crippen molar-refractivity contribution in [1.29, 1.82) is 5.26 Å². The third-order valence-corrected chi connectivity index (χ3v) is 4.03. The van der Waals surface area contributed by atoms with Crippen LogP contribution in [0.4, 0.5) is 0 Å². The van der Waals surface area contributed by atoms with Gasteiger partial charge in [0.2, 0.25) is 0 Å². The van der Waals surface area contributed by atoms with E-state index in [1.807, 2.05) is 37.3 Å². The van der Waals surface area contributed by atoms with Gasteiger partial charge in [0.05, 0.1) is 6.61 Å². The minimum absolute atomic E-state index is 0.0806. The Morgan fingerprint density at radius 1 is 1.08 bits per heavy atom. The number of hydrogen-bond donors (Lipinski definition) is 1. The molecule has 25 heavy (non-hydrogen) atoms. The smallest absolute Gasteiger partial charge is 0.266 e. The molecule has 1 aromatic heterocycles. The lowest BCUT2D eigenvalue weighted by Crippen LogP contribution is -2.12. The molecule has 0 amide bonds. The third kappa shape index (κ3) is 3.57. The Balaban J connectivity index is 2.12. The summed E-state index contributed by atoms with van der Waals surface area (Å²) in [7, 11) is 0. The largest absolute Gasteiger partial charge is 0.494 e. The summed E-state index contributed by atoms with van der Waals surface area (Å²) in [5, 5.41) is 9.96. The van der Waals surface area contributed by atoms with Gasteiger partial charge in [-0.2, -0.15) is 5.26 Å². The lowest BCUT2D eigenvalue weighted by molar-refractivity contribution is 0.340. The fourth-order valence-corrected chi connectivity index (χ4v) is 2.71. The zero-order chi connectivity index (χ0) is 17.8.